The Morgan fingerprint density at radius 3 is 2.73 bits per heavy atom. The summed E-state index contributed by atoms with van der Waals surface area (Å²) in [6.45, 7) is 2.57. The van der Waals surface area contributed by atoms with E-state index in [9.17, 15) is 0 Å². The number of rotatable bonds is 0. The van der Waals surface area contributed by atoms with E-state index in [-0.39, 0.29) is 0 Å². The number of likely N-dealkylation sites (N-methyl/N-ethyl adjacent to an activating group) is 1. The molecule has 2 rings (SSSR count). The lowest BCUT2D eigenvalue weighted by molar-refractivity contribution is 0.304. The first-order valence-corrected chi connectivity index (χ1v) is 5.36. The topological polar surface area (TPSA) is 6.48 Å². The summed E-state index contributed by atoms with van der Waals surface area (Å²) in [6.07, 6.45) is 4.22. The Balaban J connectivity index is 2.07. The fourth-order valence-corrected chi connectivity index (χ4v) is 3.20. The normalized spacial score (nSPS) is 40.9. The summed E-state index contributed by atoms with van der Waals surface area (Å²) < 4.78 is 2.56. The molecule has 2 saturated heterocycles. The molecule has 2 atom stereocenters. The molecule has 0 aromatic rings. The van der Waals surface area contributed by atoms with Crippen LogP contribution in [-0.4, -0.2) is 40.2 Å². The molecule has 0 N–H and O–H groups in total. The van der Waals surface area contributed by atoms with Crippen molar-refractivity contribution in [3.8, 4) is 0 Å². The minimum absolute atomic E-state index is 0.841. The van der Waals surface area contributed by atoms with E-state index in [2.05, 4.69) is 37.9 Å². The molecule has 0 radical (unpaired) electrons. The predicted molar refractivity (Wildman–Crippen MR) is 54.8 cm³/mol. The Hall–Kier alpha value is 0.650. The van der Waals surface area contributed by atoms with Crippen LogP contribution in [0.3, 0.4) is 0 Å². The maximum atomic E-state index is 2.56. The van der Waals surface area contributed by atoms with Crippen LogP contribution in [0.4, 0.5) is 0 Å². The molecule has 3 heteroatoms. The van der Waals surface area contributed by atoms with E-state index < -0.39 is 0 Å². The molecule has 2 bridgehead atoms. The molecule has 2 aliphatic rings. The molecule has 2 fully saturated rings. The number of hydrogen-bond donors (Lipinski definition) is 0. The van der Waals surface area contributed by atoms with Gasteiger partial charge in [0, 0.05) is 41.5 Å². The van der Waals surface area contributed by atoms with Crippen molar-refractivity contribution in [2.45, 2.75) is 31.3 Å². The van der Waals surface area contributed by atoms with Gasteiger partial charge in [0.15, 0.2) is 0 Å². The molecule has 2 nitrogen and oxygen atoms in total. The first-order chi connectivity index (χ1) is 5.27. The third kappa shape index (κ3) is 1.55. The molecule has 0 spiro atoms. The monoisotopic (exact) mass is 266 g/mol. The maximum Gasteiger partial charge on any atom is 0.0325 e. The Morgan fingerprint density at radius 2 is 1.91 bits per heavy atom. The van der Waals surface area contributed by atoms with Crippen molar-refractivity contribution in [2.24, 2.45) is 0 Å². The second-order valence-corrected chi connectivity index (χ2v) is 4.89. The van der Waals surface area contributed by atoms with Crippen LogP contribution in [0, 0.1) is 0 Å². The summed E-state index contributed by atoms with van der Waals surface area (Å²) in [5.74, 6) is 0. The highest BCUT2D eigenvalue weighted by molar-refractivity contribution is 14.1. The van der Waals surface area contributed by atoms with E-state index in [1.807, 2.05) is 0 Å². The summed E-state index contributed by atoms with van der Waals surface area (Å²) >= 11 is 2.51. The Kier molecular flexibility index (Phi) is 2.39. The SMILES string of the molecule is CN1CCC2CCC(C1)N2I. The van der Waals surface area contributed by atoms with Crippen molar-refractivity contribution in [2.75, 3.05) is 20.1 Å². The number of halogens is 1. The summed E-state index contributed by atoms with van der Waals surface area (Å²) in [5.41, 5.74) is 0. The van der Waals surface area contributed by atoms with Crippen molar-refractivity contribution in [3.05, 3.63) is 0 Å². The van der Waals surface area contributed by atoms with E-state index in [4.69, 9.17) is 0 Å². The van der Waals surface area contributed by atoms with Gasteiger partial charge in [0.05, 0.1) is 0 Å². The van der Waals surface area contributed by atoms with Gasteiger partial charge in [-0.15, -0.1) is 0 Å². The van der Waals surface area contributed by atoms with E-state index in [0.717, 1.165) is 12.1 Å². The molecule has 0 aromatic carbocycles. The lowest BCUT2D eigenvalue weighted by atomic mass is 10.1. The van der Waals surface area contributed by atoms with E-state index in [1.165, 1.54) is 32.4 Å². The van der Waals surface area contributed by atoms with E-state index in [1.54, 1.807) is 0 Å². The largest absolute Gasteiger partial charge is 0.305 e. The van der Waals surface area contributed by atoms with Crippen LogP contribution in [-0.2, 0) is 0 Å². The minimum Gasteiger partial charge on any atom is -0.305 e. The summed E-state index contributed by atoms with van der Waals surface area (Å²) in [5, 5.41) is 0. The molecule has 2 aliphatic heterocycles. The molecule has 0 amide bonds. The number of nitrogens with zero attached hydrogens (tertiary/aromatic N) is 2. The van der Waals surface area contributed by atoms with E-state index in [0.29, 0.717) is 0 Å². The standard InChI is InChI=1S/C8H15IN2/c1-10-5-4-7-2-3-8(6-10)11(7)9/h7-8H,2-6H2,1H3. The van der Waals surface area contributed by atoms with Gasteiger partial charge in [0.2, 0.25) is 0 Å². The molecule has 0 aromatic heterocycles. The number of likely N-dealkylation sites (tertiary alicyclic amines) is 1. The molecular weight excluding hydrogens is 251 g/mol. The van der Waals surface area contributed by atoms with Gasteiger partial charge in [-0.2, -0.15) is 0 Å². The molecule has 2 heterocycles. The van der Waals surface area contributed by atoms with Gasteiger partial charge >= 0.3 is 0 Å². The van der Waals surface area contributed by atoms with Crippen molar-refractivity contribution in [1.29, 1.82) is 0 Å². The van der Waals surface area contributed by atoms with Crippen LogP contribution in [0.2, 0.25) is 0 Å². The minimum atomic E-state index is 0.841. The van der Waals surface area contributed by atoms with Crippen LogP contribution in [0.5, 0.6) is 0 Å². The zero-order chi connectivity index (χ0) is 7.84. The van der Waals surface area contributed by atoms with Crippen LogP contribution in [0.15, 0.2) is 0 Å². The fourth-order valence-electron chi connectivity index (χ4n) is 2.19. The Labute approximate surface area is 82.4 Å². The first kappa shape index (κ1) is 8.26. The average molecular weight is 266 g/mol. The lowest BCUT2D eigenvalue weighted by Crippen LogP contribution is -2.31. The van der Waals surface area contributed by atoms with Crippen LogP contribution in [0.25, 0.3) is 0 Å². The van der Waals surface area contributed by atoms with E-state index >= 15 is 0 Å². The highest BCUT2D eigenvalue weighted by Crippen LogP contribution is 2.32. The highest BCUT2D eigenvalue weighted by Gasteiger charge is 2.34. The Bertz CT molecular complexity index is 151. The summed E-state index contributed by atoms with van der Waals surface area (Å²) in [4.78, 5) is 2.47. The van der Waals surface area contributed by atoms with Crippen LogP contribution < -0.4 is 0 Å². The third-order valence-electron chi connectivity index (χ3n) is 2.90. The van der Waals surface area contributed by atoms with Gasteiger partial charge in [-0.25, -0.2) is 3.11 Å². The van der Waals surface area contributed by atoms with Crippen molar-refractivity contribution >= 4 is 22.9 Å². The second-order valence-electron chi connectivity index (χ2n) is 3.78. The first-order valence-electron chi connectivity index (χ1n) is 4.40. The van der Waals surface area contributed by atoms with Crippen LogP contribution >= 0.6 is 22.9 Å². The smallest absolute Gasteiger partial charge is 0.0325 e. The predicted octanol–water partition coefficient (Wildman–Crippen LogP) is 1.50. The second kappa shape index (κ2) is 3.18. The zero-order valence-corrected chi connectivity index (χ0v) is 9.12. The number of fused-ring (bicyclic) bond motifs is 2. The van der Waals surface area contributed by atoms with Gasteiger partial charge < -0.3 is 4.90 Å². The summed E-state index contributed by atoms with van der Waals surface area (Å²) in [7, 11) is 2.24. The number of hydrogen-bond acceptors (Lipinski definition) is 2. The maximum absolute atomic E-state index is 2.56. The van der Waals surface area contributed by atoms with Gasteiger partial charge in [0.1, 0.15) is 0 Å². The molecule has 0 saturated carbocycles. The fraction of sp³-hybridized carbons (Fsp3) is 1.00. The van der Waals surface area contributed by atoms with Crippen molar-refractivity contribution < 1.29 is 0 Å². The molecule has 2 unspecified atom stereocenters. The van der Waals surface area contributed by atoms with Crippen molar-refractivity contribution in [1.82, 2.24) is 8.01 Å². The quantitative estimate of drug-likeness (QED) is 0.484. The average Bonchev–Trinajstić information content (AvgIpc) is 2.20. The van der Waals surface area contributed by atoms with Gasteiger partial charge in [0.25, 0.3) is 0 Å². The van der Waals surface area contributed by atoms with Gasteiger partial charge in [-0.1, -0.05) is 0 Å². The molecule has 11 heavy (non-hydrogen) atoms. The molecule has 64 valence electrons. The van der Waals surface area contributed by atoms with Gasteiger partial charge in [-0.05, 0) is 32.9 Å². The van der Waals surface area contributed by atoms with Crippen LogP contribution in [0.1, 0.15) is 19.3 Å². The lowest BCUT2D eigenvalue weighted by Gasteiger charge is -2.20. The zero-order valence-electron chi connectivity index (χ0n) is 6.96. The molecule has 0 aliphatic carbocycles. The summed E-state index contributed by atoms with van der Waals surface area (Å²) in [6, 6.07) is 1.72. The third-order valence-corrected chi connectivity index (χ3v) is 4.47. The Morgan fingerprint density at radius 1 is 1.18 bits per heavy atom. The molecular formula is C8H15IN2. The van der Waals surface area contributed by atoms with Gasteiger partial charge in [-0.3, -0.25) is 0 Å². The highest BCUT2D eigenvalue weighted by atomic mass is 127. The van der Waals surface area contributed by atoms with Crippen molar-refractivity contribution in [3.63, 3.8) is 0 Å².